The third-order valence-corrected chi connectivity index (χ3v) is 3.24. The van der Waals surface area contributed by atoms with Crippen LogP contribution < -0.4 is 11.1 Å². The first-order valence-electron chi connectivity index (χ1n) is 5.92. The lowest BCUT2D eigenvalue weighted by atomic mass is 9.99. The van der Waals surface area contributed by atoms with Crippen LogP contribution in [0.4, 0.5) is 4.79 Å². The standard InChI is InChI=1S/C11H22N4O2/c1-8-4-6-15(7-5-8)10(16)13-11(2,3)9(12)14-17/h8,17H,4-7H2,1-3H3,(H2,12,14)(H,13,16). The number of likely N-dealkylation sites (tertiary alicyclic amines) is 1. The summed E-state index contributed by atoms with van der Waals surface area (Å²) in [4.78, 5) is 13.7. The topological polar surface area (TPSA) is 91.0 Å². The van der Waals surface area contributed by atoms with Gasteiger partial charge in [0.15, 0.2) is 5.84 Å². The van der Waals surface area contributed by atoms with Gasteiger partial charge in [-0.1, -0.05) is 12.1 Å². The van der Waals surface area contributed by atoms with Crippen molar-refractivity contribution in [3.63, 3.8) is 0 Å². The van der Waals surface area contributed by atoms with E-state index in [1.807, 2.05) is 0 Å². The Labute approximate surface area is 102 Å². The molecule has 6 nitrogen and oxygen atoms in total. The van der Waals surface area contributed by atoms with E-state index in [9.17, 15) is 4.79 Å². The first-order chi connectivity index (χ1) is 7.86. The van der Waals surface area contributed by atoms with Gasteiger partial charge in [-0.2, -0.15) is 0 Å². The Morgan fingerprint density at radius 3 is 2.47 bits per heavy atom. The summed E-state index contributed by atoms with van der Waals surface area (Å²) in [5.74, 6) is 0.673. The molecule has 1 heterocycles. The van der Waals surface area contributed by atoms with Crippen molar-refractivity contribution < 1.29 is 10.0 Å². The Hall–Kier alpha value is -1.46. The van der Waals surface area contributed by atoms with Gasteiger partial charge in [-0.25, -0.2) is 4.79 Å². The molecule has 17 heavy (non-hydrogen) atoms. The molecule has 1 aliphatic heterocycles. The summed E-state index contributed by atoms with van der Waals surface area (Å²) in [7, 11) is 0. The highest BCUT2D eigenvalue weighted by atomic mass is 16.4. The maximum Gasteiger partial charge on any atom is 0.318 e. The Bertz CT molecular complexity index is 307. The summed E-state index contributed by atoms with van der Waals surface area (Å²) in [6.45, 7) is 7.12. The van der Waals surface area contributed by atoms with E-state index in [2.05, 4.69) is 17.4 Å². The molecular weight excluding hydrogens is 220 g/mol. The van der Waals surface area contributed by atoms with Crippen LogP contribution in [0.15, 0.2) is 5.16 Å². The minimum absolute atomic E-state index is 0.00349. The van der Waals surface area contributed by atoms with Crippen molar-refractivity contribution in [3.8, 4) is 0 Å². The Morgan fingerprint density at radius 2 is 2.00 bits per heavy atom. The number of nitrogens with one attached hydrogen (secondary N) is 1. The number of carbonyl (C=O) groups is 1. The number of amidine groups is 1. The number of oxime groups is 1. The average Bonchev–Trinajstić information content (AvgIpc) is 2.28. The molecule has 0 saturated carbocycles. The SMILES string of the molecule is CC1CCN(C(=O)NC(C)(C)C(N)=NO)CC1. The molecule has 0 unspecified atom stereocenters. The number of carbonyl (C=O) groups excluding carboxylic acids is 1. The van der Waals surface area contributed by atoms with Crippen LogP contribution in [-0.2, 0) is 0 Å². The molecule has 0 aromatic carbocycles. The monoisotopic (exact) mass is 242 g/mol. The number of piperidine rings is 1. The number of amides is 2. The molecule has 0 aromatic heterocycles. The number of rotatable bonds is 2. The van der Waals surface area contributed by atoms with Crippen molar-refractivity contribution in [1.82, 2.24) is 10.2 Å². The molecule has 4 N–H and O–H groups in total. The minimum Gasteiger partial charge on any atom is -0.409 e. The molecule has 1 aliphatic rings. The van der Waals surface area contributed by atoms with E-state index in [1.165, 1.54) is 0 Å². The summed E-state index contributed by atoms with van der Waals surface area (Å²) in [6, 6.07) is -0.159. The number of hydrogen-bond donors (Lipinski definition) is 3. The smallest absolute Gasteiger partial charge is 0.318 e. The Morgan fingerprint density at radius 1 is 1.47 bits per heavy atom. The highest BCUT2D eigenvalue weighted by Gasteiger charge is 2.29. The van der Waals surface area contributed by atoms with Crippen LogP contribution in [0.5, 0.6) is 0 Å². The van der Waals surface area contributed by atoms with Gasteiger partial charge in [0.05, 0.1) is 5.54 Å². The van der Waals surface area contributed by atoms with Gasteiger partial charge in [0.25, 0.3) is 0 Å². The summed E-state index contributed by atoms with van der Waals surface area (Å²) in [5, 5.41) is 14.3. The Kier molecular flexibility index (Phi) is 4.20. The van der Waals surface area contributed by atoms with E-state index in [-0.39, 0.29) is 11.9 Å². The predicted octanol–water partition coefficient (Wildman–Crippen LogP) is 0.953. The molecule has 98 valence electrons. The summed E-state index contributed by atoms with van der Waals surface area (Å²) in [6.07, 6.45) is 2.05. The van der Waals surface area contributed by atoms with Crippen LogP contribution in [0.25, 0.3) is 0 Å². The Balaban J connectivity index is 2.55. The normalized spacial score (nSPS) is 19.2. The second-order valence-corrected chi connectivity index (χ2v) is 5.21. The lowest BCUT2D eigenvalue weighted by molar-refractivity contribution is 0.169. The number of urea groups is 1. The molecule has 0 aliphatic carbocycles. The van der Waals surface area contributed by atoms with Gasteiger partial charge >= 0.3 is 6.03 Å². The van der Waals surface area contributed by atoms with E-state index in [0.717, 1.165) is 25.9 Å². The minimum atomic E-state index is -0.838. The molecule has 1 saturated heterocycles. The first kappa shape index (κ1) is 13.6. The molecule has 2 amide bonds. The van der Waals surface area contributed by atoms with E-state index in [0.29, 0.717) is 5.92 Å². The van der Waals surface area contributed by atoms with Gasteiger partial charge in [-0.05, 0) is 32.6 Å². The second-order valence-electron chi connectivity index (χ2n) is 5.21. The van der Waals surface area contributed by atoms with Crippen molar-refractivity contribution in [2.24, 2.45) is 16.8 Å². The molecule has 0 bridgehead atoms. The highest BCUT2D eigenvalue weighted by Crippen LogP contribution is 2.16. The quantitative estimate of drug-likeness (QED) is 0.291. The van der Waals surface area contributed by atoms with Crippen LogP contribution in [0.1, 0.15) is 33.6 Å². The van der Waals surface area contributed by atoms with Crippen LogP contribution in [0, 0.1) is 5.92 Å². The van der Waals surface area contributed by atoms with Crippen molar-refractivity contribution in [2.75, 3.05) is 13.1 Å². The molecular formula is C11H22N4O2. The molecule has 0 radical (unpaired) electrons. The van der Waals surface area contributed by atoms with Crippen molar-refractivity contribution in [1.29, 1.82) is 0 Å². The molecule has 0 atom stereocenters. The lowest BCUT2D eigenvalue weighted by Gasteiger charge is -2.33. The van der Waals surface area contributed by atoms with Crippen LogP contribution in [-0.4, -0.2) is 40.6 Å². The van der Waals surface area contributed by atoms with Gasteiger partial charge in [0.1, 0.15) is 0 Å². The fraction of sp³-hybridized carbons (Fsp3) is 0.818. The van der Waals surface area contributed by atoms with Gasteiger partial charge in [0, 0.05) is 13.1 Å². The maximum absolute atomic E-state index is 12.0. The van der Waals surface area contributed by atoms with E-state index < -0.39 is 5.54 Å². The van der Waals surface area contributed by atoms with E-state index >= 15 is 0 Å². The average molecular weight is 242 g/mol. The maximum atomic E-state index is 12.0. The molecule has 1 rings (SSSR count). The van der Waals surface area contributed by atoms with Gasteiger partial charge in [0.2, 0.25) is 0 Å². The largest absolute Gasteiger partial charge is 0.409 e. The van der Waals surface area contributed by atoms with Gasteiger partial charge < -0.3 is 21.2 Å². The van der Waals surface area contributed by atoms with Crippen molar-refractivity contribution in [2.45, 2.75) is 39.2 Å². The molecule has 6 heteroatoms. The van der Waals surface area contributed by atoms with Crippen LogP contribution in [0.2, 0.25) is 0 Å². The molecule has 0 aromatic rings. The fourth-order valence-corrected chi connectivity index (χ4v) is 1.75. The number of nitrogens with zero attached hydrogens (tertiary/aromatic N) is 2. The predicted molar refractivity (Wildman–Crippen MR) is 66.0 cm³/mol. The molecule has 0 spiro atoms. The molecule has 1 fully saturated rings. The first-order valence-corrected chi connectivity index (χ1v) is 5.92. The van der Waals surface area contributed by atoms with Crippen LogP contribution >= 0.6 is 0 Å². The lowest BCUT2D eigenvalue weighted by Crippen LogP contribution is -2.57. The van der Waals surface area contributed by atoms with Gasteiger partial charge in [-0.3, -0.25) is 0 Å². The second kappa shape index (κ2) is 5.25. The van der Waals surface area contributed by atoms with Crippen LogP contribution in [0.3, 0.4) is 0 Å². The zero-order valence-electron chi connectivity index (χ0n) is 10.7. The highest BCUT2D eigenvalue weighted by molar-refractivity contribution is 5.92. The van der Waals surface area contributed by atoms with Gasteiger partial charge in [-0.15, -0.1) is 0 Å². The zero-order valence-corrected chi connectivity index (χ0v) is 10.7. The number of nitrogens with two attached hydrogens (primary N) is 1. The number of hydrogen-bond acceptors (Lipinski definition) is 3. The van der Waals surface area contributed by atoms with E-state index in [1.54, 1.807) is 18.7 Å². The zero-order chi connectivity index (χ0) is 13.1. The third-order valence-electron chi connectivity index (χ3n) is 3.24. The summed E-state index contributed by atoms with van der Waals surface area (Å²) < 4.78 is 0. The van der Waals surface area contributed by atoms with Crippen molar-refractivity contribution in [3.05, 3.63) is 0 Å². The van der Waals surface area contributed by atoms with E-state index in [4.69, 9.17) is 10.9 Å². The fourth-order valence-electron chi connectivity index (χ4n) is 1.75. The summed E-state index contributed by atoms with van der Waals surface area (Å²) in [5.41, 5.74) is 4.68. The third kappa shape index (κ3) is 3.51. The van der Waals surface area contributed by atoms with Crippen molar-refractivity contribution >= 4 is 11.9 Å². The summed E-state index contributed by atoms with van der Waals surface area (Å²) >= 11 is 0.